The highest BCUT2D eigenvalue weighted by atomic mass is 35.5. The number of aromatic amines is 1. The maximum atomic E-state index is 12.6. The van der Waals surface area contributed by atoms with Gasteiger partial charge in [-0.25, -0.2) is 23.1 Å². The summed E-state index contributed by atoms with van der Waals surface area (Å²) in [6, 6.07) is 5.12. The Balaban J connectivity index is 1.87. The van der Waals surface area contributed by atoms with Gasteiger partial charge in [-0.05, 0) is 32.9 Å². The highest BCUT2D eigenvalue weighted by Gasteiger charge is 2.24. The molecule has 8 nitrogen and oxygen atoms in total. The summed E-state index contributed by atoms with van der Waals surface area (Å²) in [5, 5.41) is 10.7. The molecule has 0 saturated carbocycles. The van der Waals surface area contributed by atoms with E-state index in [1.165, 1.54) is 6.20 Å². The summed E-state index contributed by atoms with van der Waals surface area (Å²) in [4.78, 5) is 9.33. The molecule has 11 heteroatoms. The van der Waals surface area contributed by atoms with Crippen molar-refractivity contribution in [3.05, 3.63) is 35.1 Å². The smallest absolute Gasteiger partial charge is 0.250 e. The molecule has 0 bridgehead atoms. The molecule has 3 heterocycles. The van der Waals surface area contributed by atoms with E-state index in [9.17, 15) is 8.42 Å². The second kappa shape index (κ2) is 7.92. The van der Waals surface area contributed by atoms with Crippen LogP contribution in [0.3, 0.4) is 0 Å². The molecular weight excluding hydrogens is 444 g/mol. The van der Waals surface area contributed by atoms with Gasteiger partial charge in [0.15, 0.2) is 17.5 Å². The summed E-state index contributed by atoms with van der Waals surface area (Å²) in [5.74, 6) is 1.34. The first-order valence-electron chi connectivity index (χ1n) is 9.24. The number of sulfonamides is 1. The molecule has 0 aromatic carbocycles. The predicted molar refractivity (Wildman–Crippen MR) is 121 cm³/mol. The second-order valence-corrected chi connectivity index (χ2v) is 12.3. The van der Waals surface area contributed by atoms with E-state index in [0.717, 1.165) is 17.0 Å². The van der Waals surface area contributed by atoms with Gasteiger partial charge >= 0.3 is 0 Å². The summed E-state index contributed by atoms with van der Waals surface area (Å²) in [5.41, 5.74) is 0.315. The number of H-pyrrole nitrogens is 1. The normalized spacial score (nSPS) is 12.9. The third-order valence-corrected chi connectivity index (χ3v) is 7.49. The molecular formula is C19H25ClN6O2S2. The van der Waals surface area contributed by atoms with Crippen molar-refractivity contribution in [3.63, 3.8) is 0 Å². The molecule has 0 spiro atoms. The number of hydrogen-bond acceptors (Lipinski definition) is 7. The van der Waals surface area contributed by atoms with Gasteiger partial charge in [-0.2, -0.15) is 5.10 Å². The Bertz CT molecular complexity index is 1160. The molecule has 0 saturated heterocycles. The molecule has 3 rings (SSSR count). The van der Waals surface area contributed by atoms with Crippen LogP contribution in [0.25, 0.3) is 10.7 Å². The summed E-state index contributed by atoms with van der Waals surface area (Å²) in [6.07, 6.45) is 1.48. The quantitative estimate of drug-likeness (QED) is 0.500. The average molecular weight is 469 g/mol. The standard InChI is InChI=1S/C19H25ClN6O2S2/c1-18(2,3)13-9-14(25-24-13)22-16-11(20)10-21-17(23-16)12-7-8-15(29-12)30(27,28)26-19(4,5)6/h7-10,26H,1-6H3,(H2,21,22,23,24,25). The lowest BCUT2D eigenvalue weighted by Crippen LogP contribution is -2.40. The number of nitrogens with zero attached hydrogens (tertiary/aromatic N) is 3. The van der Waals surface area contributed by atoms with Crippen LogP contribution in [0, 0.1) is 0 Å². The van der Waals surface area contributed by atoms with Crippen molar-refractivity contribution in [2.45, 2.75) is 56.7 Å². The van der Waals surface area contributed by atoms with Gasteiger partial charge in [0.05, 0.1) is 11.1 Å². The van der Waals surface area contributed by atoms with Gasteiger partial charge in [0.1, 0.15) is 9.23 Å². The SMILES string of the molecule is CC(C)(C)NS(=O)(=O)c1ccc(-c2ncc(Cl)c(Nc3cc(C(C)(C)C)[nH]n3)n2)s1. The predicted octanol–water partition coefficient (Wildman–Crippen LogP) is 4.70. The molecule has 3 aromatic rings. The Kier molecular flexibility index (Phi) is 5.98. The lowest BCUT2D eigenvalue weighted by Gasteiger charge is -2.19. The fraction of sp³-hybridized carbons (Fsp3) is 0.421. The fourth-order valence-electron chi connectivity index (χ4n) is 2.50. The van der Waals surface area contributed by atoms with Crippen LogP contribution in [0.4, 0.5) is 11.6 Å². The van der Waals surface area contributed by atoms with E-state index < -0.39 is 15.6 Å². The number of rotatable bonds is 5. The van der Waals surface area contributed by atoms with E-state index in [2.05, 4.69) is 51.0 Å². The fourth-order valence-corrected chi connectivity index (χ4v) is 5.31. The van der Waals surface area contributed by atoms with Crippen molar-refractivity contribution in [2.75, 3.05) is 5.32 Å². The van der Waals surface area contributed by atoms with E-state index in [0.29, 0.717) is 27.4 Å². The maximum absolute atomic E-state index is 12.6. The first kappa shape index (κ1) is 22.7. The van der Waals surface area contributed by atoms with E-state index in [-0.39, 0.29) is 9.62 Å². The largest absolute Gasteiger partial charge is 0.322 e. The van der Waals surface area contributed by atoms with Crippen LogP contribution in [0.2, 0.25) is 5.02 Å². The van der Waals surface area contributed by atoms with Gasteiger partial charge in [-0.3, -0.25) is 5.10 Å². The van der Waals surface area contributed by atoms with Gasteiger partial charge in [0, 0.05) is 22.7 Å². The molecule has 0 aliphatic rings. The monoisotopic (exact) mass is 468 g/mol. The molecule has 0 fully saturated rings. The topological polar surface area (TPSA) is 113 Å². The summed E-state index contributed by atoms with van der Waals surface area (Å²) >= 11 is 7.35. The zero-order chi connectivity index (χ0) is 22.3. The first-order valence-corrected chi connectivity index (χ1v) is 11.9. The summed E-state index contributed by atoms with van der Waals surface area (Å²) in [6.45, 7) is 11.6. The summed E-state index contributed by atoms with van der Waals surface area (Å²) < 4.78 is 27.9. The lowest BCUT2D eigenvalue weighted by atomic mass is 9.92. The minimum atomic E-state index is -3.63. The van der Waals surface area contributed by atoms with E-state index in [1.54, 1.807) is 32.9 Å². The Morgan fingerprint density at radius 3 is 2.43 bits per heavy atom. The van der Waals surface area contributed by atoms with Crippen molar-refractivity contribution >= 4 is 44.6 Å². The van der Waals surface area contributed by atoms with Gasteiger partial charge in [-0.1, -0.05) is 32.4 Å². The van der Waals surface area contributed by atoms with Crippen LogP contribution in [-0.2, 0) is 15.4 Å². The van der Waals surface area contributed by atoms with Gasteiger partial charge in [0.2, 0.25) is 0 Å². The zero-order valence-electron chi connectivity index (χ0n) is 17.7. The molecule has 3 aromatic heterocycles. The van der Waals surface area contributed by atoms with Crippen molar-refractivity contribution in [1.29, 1.82) is 0 Å². The number of anilines is 2. The third kappa shape index (κ3) is 5.37. The zero-order valence-corrected chi connectivity index (χ0v) is 20.1. The highest BCUT2D eigenvalue weighted by molar-refractivity contribution is 7.91. The van der Waals surface area contributed by atoms with Crippen LogP contribution < -0.4 is 10.0 Å². The first-order chi connectivity index (χ1) is 13.7. The van der Waals surface area contributed by atoms with Crippen molar-refractivity contribution in [3.8, 4) is 10.7 Å². The molecule has 30 heavy (non-hydrogen) atoms. The molecule has 0 radical (unpaired) electrons. The molecule has 3 N–H and O–H groups in total. The molecule has 162 valence electrons. The van der Waals surface area contributed by atoms with Crippen molar-refractivity contribution in [1.82, 2.24) is 24.9 Å². The Morgan fingerprint density at radius 1 is 1.13 bits per heavy atom. The molecule has 0 atom stereocenters. The van der Waals surface area contributed by atoms with Crippen molar-refractivity contribution < 1.29 is 8.42 Å². The van der Waals surface area contributed by atoms with Crippen LogP contribution in [0.1, 0.15) is 47.2 Å². The second-order valence-electron chi connectivity index (χ2n) is 8.91. The van der Waals surface area contributed by atoms with Crippen LogP contribution in [0.15, 0.2) is 28.6 Å². The van der Waals surface area contributed by atoms with Gasteiger partial charge in [0.25, 0.3) is 10.0 Å². The van der Waals surface area contributed by atoms with Crippen LogP contribution in [-0.4, -0.2) is 34.1 Å². The number of nitrogens with one attached hydrogen (secondary N) is 3. The lowest BCUT2D eigenvalue weighted by molar-refractivity contribution is 0.492. The highest BCUT2D eigenvalue weighted by Crippen LogP contribution is 2.32. The van der Waals surface area contributed by atoms with E-state index in [1.807, 2.05) is 6.07 Å². The Morgan fingerprint density at radius 2 is 1.83 bits per heavy atom. The number of thiophene rings is 1. The van der Waals surface area contributed by atoms with Crippen LogP contribution >= 0.6 is 22.9 Å². The molecule has 0 aliphatic heterocycles. The Labute approximate surface area is 185 Å². The van der Waals surface area contributed by atoms with E-state index in [4.69, 9.17) is 11.6 Å². The number of aromatic nitrogens is 4. The van der Waals surface area contributed by atoms with Gasteiger partial charge < -0.3 is 5.32 Å². The molecule has 0 aliphatic carbocycles. The van der Waals surface area contributed by atoms with E-state index >= 15 is 0 Å². The van der Waals surface area contributed by atoms with Gasteiger partial charge in [-0.15, -0.1) is 11.3 Å². The summed E-state index contributed by atoms with van der Waals surface area (Å²) in [7, 11) is -3.63. The van der Waals surface area contributed by atoms with Crippen LogP contribution in [0.5, 0.6) is 0 Å². The Hall–Kier alpha value is -2.01. The average Bonchev–Trinajstić information content (AvgIpc) is 3.24. The number of halogens is 1. The number of hydrogen-bond donors (Lipinski definition) is 3. The minimum absolute atomic E-state index is 0.0759. The molecule has 0 amide bonds. The third-order valence-electron chi connectivity index (χ3n) is 3.88. The van der Waals surface area contributed by atoms with Crippen molar-refractivity contribution in [2.24, 2.45) is 0 Å². The maximum Gasteiger partial charge on any atom is 0.250 e. The molecule has 0 unspecified atom stereocenters. The minimum Gasteiger partial charge on any atom is -0.322 e.